The van der Waals surface area contributed by atoms with E-state index in [1.807, 2.05) is 30.3 Å². The number of carboxylic acid groups (broad SMARTS) is 1. The molecule has 0 radical (unpaired) electrons. The molecule has 3 nitrogen and oxygen atoms in total. The molecule has 106 valence electrons. The van der Waals surface area contributed by atoms with Crippen LogP contribution < -0.4 is 0 Å². The van der Waals surface area contributed by atoms with Gasteiger partial charge in [-0.25, -0.2) is 0 Å². The van der Waals surface area contributed by atoms with Crippen molar-refractivity contribution >= 4 is 5.97 Å². The van der Waals surface area contributed by atoms with Gasteiger partial charge >= 0.3 is 5.97 Å². The first kappa shape index (κ1) is 15.7. The third-order valence-electron chi connectivity index (χ3n) is 3.50. The van der Waals surface area contributed by atoms with Gasteiger partial charge in [0.1, 0.15) is 0 Å². The molecule has 0 aliphatic carbocycles. The normalized spacial score (nSPS) is 13.2. The first-order chi connectivity index (χ1) is 8.93. The van der Waals surface area contributed by atoms with Crippen molar-refractivity contribution in [2.45, 2.75) is 52.1 Å². The fourth-order valence-electron chi connectivity index (χ4n) is 2.51. The molecule has 0 heterocycles. The number of rotatable bonds is 7. The lowest BCUT2D eigenvalue weighted by molar-refractivity contribution is -0.139. The van der Waals surface area contributed by atoms with Crippen LogP contribution in [0.1, 0.15) is 45.6 Å². The van der Waals surface area contributed by atoms with Gasteiger partial charge in [-0.2, -0.15) is 0 Å². The molecule has 0 aromatic heterocycles. The highest BCUT2D eigenvalue weighted by Gasteiger charge is 2.22. The first-order valence-corrected chi connectivity index (χ1v) is 6.97. The third kappa shape index (κ3) is 4.67. The van der Waals surface area contributed by atoms with E-state index in [1.54, 1.807) is 0 Å². The molecule has 0 aliphatic heterocycles. The molecule has 3 heteroatoms. The smallest absolute Gasteiger partial charge is 0.311 e. The van der Waals surface area contributed by atoms with Crippen molar-refractivity contribution in [1.29, 1.82) is 0 Å². The minimum Gasteiger partial charge on any atom is -0.481 e. The van der Waals surface area contributed by atoms with Crippen LogP contribution in [0.5, 0.6) is 0 Å². The molecular formula is C16H25NO2. The van der Waals surface area contributed by atoms with Crippen molar-refractivity contribution in [3.05, 3.63) is 35.9 Å². The molecule has 0 saturated heterocycles. The fraction of sp³-hybridized carbons (Fsp3) is 0.562. The Morgan fingerprint density at radius 1 is 1.11 bits per heavy atom. The lowest BCUT2D eigenvalue weighted by Crippen LogP contribution is -2.38. The third-order valence-corrected chi connectivity index (χ3v) is 3.50. The van der Waals surface area contributed by atoms with E-state index in [2.05, 4.69) is 32.6 Å². The first-order valence-electron chi connectivity index (χ1n) is 6.97. The lowest BCUT2D eigenvalue weighted by atomic mass is 9.95. The maximum Gasteiger partial charge on any atom is 0.311 e. The van der Waals surface area contributed by atoms with Crippen molar-refractivity contribution in [3.8, 4) is 0 Å². The van der Waals surface area contributed by atoms with Crippen molar-refractivity contribution in [2.24, 2.45) is 0 Å². The molecule has 0 bridgehead atoms. The van der Waals surface area contributed by atoms with Gasteiger partial charge in [-0.15, -0.1) is 0 Å². The van der Waals surface area contributed by atoms with Crippen molar-refractivity contribution in [3.63, 3.8) is 0 Å². The number of benzene rings is 1. The molecular weight excluding hydrogens is 238 g/mol. The Bertz CT molecular complexity index is 379. The number of hydrogen-bond acceptors (Lipinski definition) is 2. The Balaban J connectivity index is 2.73. The molecule has 1 aromatic rings. The highest BCUT2D eigenvalue weighted by atomic mass is 16.4. The van der Waals surface area contributed by atoms with E-state index < -0.39 is 11.9 Å². The van der Waals surface area contributed by atoms with Gasteiger partial charge in [0, 0.05) is 12.1 Å². The largest absolute Gasteiger partial charge is 0.481 e. The summed E-state index contributed by atoms with van der Waals surface area (Å²) < 4.78 is 0. The summed E-state index contributed by atoms with van der Waals surface area (Å²) in [5, 5.41) is 9.40. The molecule has 0 unspecified atom stereocenters. The Morgan fingerprint density at radius 3 is 2.05 bits per heavy atom. The van der Waals surface area contributed by atoms with Crippen LogP contribution in [0.2, 0.25) is 0 Å². The summed E-state index contributed by atoms with van der Waals surface area (Å²) in [6.45, 7) is 9.41. The van der Waals surface area contributed by atoms with Crippen molar-refractivity contribution < 1.29 is 9.90 Å². The zero-order chi connectivity index (χ0) is 14.4. The maximum absolute atomic E-state index is 11.4. The maximum atomic E-state index is 11.4. The van der Waals surface area contributed by atoms with E-state index in [9.17, 15) is 9.90 Å². The van der Waals surface area contributed by atoms with Crippen molar-refractivity contribution in [2.75, 3.05) is 6.54 Å². The summed E-state index contributed by atoms with van der Waals surface area (Å²) >= 11 is 0. The molecule has 1 N–H and O–H groups in total. The van der Waals surface area contributed by atoms with Gasteiger partial charge in [-0.3, -0.25) is 9.69 Å². The highest BCUT2D eigenvalue weighted by molar-refractivity contribution is 5.76. The predicted octanol–water partition coefficient (Wildman–Crippen LogP) is 3.36. The second kappa shape index (κ2) is 7.29. The summed E-state index contributed by atoms with van der Waals surface area (Å²) in [4.78, 5) is 13.8. The minimum absolute atomic E-state index is 0.416. The highest BCUT2D eigenvalue weighted by Crippen LogP contribution is 2.21. The monoisotopic (exact) mass is 263 g/mol. The van der Waals surface area contributed by atoms with E-state index in [0.717, 1.165) is 12.1 Å². The van der Waals surface area contributed by atoms with Gasteiger partial charge in [0.25, 0.3) is 0 Å². The van der Waals surface area contributed by atoms with Gasteiger partial charge in [-0.1, -0.05) is 30.3 Å². The summed E-state index contributed by atoms with van der Waals surface area (Å²) in [6.07, 6.45) is 0.649. The lowest BCUT2D eigenvalue weighted by Gasteiger charge is -2.31. The molecule has 0 aliphatic rings. The van der Waals surface area contributed by atoms with Gasteiger partial charge in [0.15, 0.2) is 0 Å². The van der Waals surface area contributed by atoms with Gasteiger partial charge < -0.3 is 5.11 Å². The standard InChI is InChI=1S/C16H25NO2/c1-12(2)17(13(3)4)11-10-15(16(18)19)14-8-6-5-7-9-14/h5-9,12-13,15H,10-11H2,1-4H3,(H,18,19)/t15-/m0/s1. The Morgan fingerprint density at radius 2 is 1.63 bits per heavy atom. The van der Waals surface area contributed by atoms with Crippen LogP contribution in [-0.2, 0) is 4.79 Å². The Hall–Kier alpha value is -1.35. The zero-order valence-corrected chi connectivity index (χ0v) is 12.3. The van der Waals surface area contributed by atoms with Crippen LogP contribution in [0.15, 0.2) is 30.3 Å². The summed E-state index contributed by atoms with van der Waals surface area (Å²) in [5.74, 6) is -1.15. The van der Waals surface area contributed by atoms with E-state index in [4.69, 9.17) is 0 Å². The minimum atomic E-state index is -0.737. The van der Waals surface area contributed by atoms with Crippen molar-refractivity contribution in [1.82, 2.24) is 4.90 Å². The Kier molecular flexibility index (Phi) is 6.03. The van der Waals surface area contributed by atoms with Crippen LogP contribution in [0.25, 0.3) is 0 Å². The van der Waals surface area contributed by atoms with Crippen LogP contribution in [-0.4, -0.2) is 34.6 Å². The van der Waals surface area contributed by atoms with Crippen LogP contribution in [0.3, 0.4) is 0 Å². The Labute approximate surface area is 116 Å². The molecule has 0 fully saturated rings. The fourth-order valence-corrected chi connectivity index (χ4v) is 2.51. The molecule has 1 atom stereocenters. The predicted molar refractivity (Wildman–Crippen MR) is 78.4 cm³/mol. The molecule has 0 saturated carbocycles. The van der Waals surface area contributed by atoms with E-state index in [-0.39, 0.29) is 0 Å². The van der Waals surface area contributed by atoms with Gasteiger partial charge in [0.2, 0.25) is 0 Å². The van der Waals surface area contributed by atoms with Crippen LogP contribution in [0.4, 0.5) is 0 Å². The number of nitrogens with zero attached hydrogens (tertiary/aromatic N) is 1. The van der Waals surface area contributed by atoms with E-state index >= 15 is 0 Å². The molecule has 0 spiro atoms. The zero-order valence-electron chi connectivity index (χ0n) is 12.3. The summed E-state index contributed by atoms with van der Waals surface area (Å²) in [5.41, 5.74) is 0.891. The van der Waals surface area contributed by atoms with Gasteiger partial charge in [-0.05, 0) is 46.2 Å². The van der Waals surface area contributed by atoms with Crippen LogP contribution >= 0.6 is 0 Å². The van der Waals surface area contributed by atoms with Gasteiger partial charge in [0.05, 0.1) is 5.92 Å². The average Bonchev–Trinajstić information content (AvgIpc) is 2.34. The molecule has 1 aromatic carbocycles. The SMILES string of the molecule is CC(C)N(CC[C@H](C(=O)O)c1ccccc1)C(C)C. The molecule has 19 heavy (non-hydrogen) atoms. The van der Waals surface area contributed by atoms with Crippen LogP contribution in [0, 0.1) is 0 Å². The number of carboxylic acids is 1. The molecule has 1 rings (SSSR count). The number of hydrogen-bond donors (Lipinski definition) is 1. The average molecular weight is 263 g/mol. The van der Waals surface area contributed by atoms with E-state index in [0.29, 0.717) is 18.5 Å². The number of carbonyl (C=O) groups is 1. The van der Waals surface area contributed by atoms with E-state index in [1.165, 1.54) is 0 Å². The summed E-state index contributed by atoms with van der Waals surface area (Å²) in [7, 11) is 0. The summed E-state index contributed by atoms with van der Waals surface area (Å²) in [6, 6.07) is 10.4. The number of aliphatic carboxylic acids is 1. The quantitative estimate of drug-likeness (QED) is 0.820. The second-order valence-electron chi connectivity index (χ2n) is 5.52. The second-order valence-corrected chi connectivity index (χ2v) is 5.52. The topological polar surface area (TPSA) is 40.5 Å². The molecule has 0 amide bonds.